The van der Waals surface area contributed by atoms with Crippen LogP contribution in [0, 0.1) is 0 Å². The van der Waals surface area contributed by atoms with Crippen LogP contribution in [0.2, 0.25) is 5.02 Å². The molecule has 3 rings (SSSR count). The Morgan fingerprint density at radius 2 is 2.19 bits per heavy atom. The molecule has 0 amide bonds. The summed E-state index contributed by atoms with van der Waals surface area (Å²) in [6.45, 7) is 4.19. The molecule has 0 aliphatic carbocycles. The summed E-state index contributed by atoms with van der Waals surface area (Å²) in [4.78, 5) is 2.62. The Bertz CT molecular complexity index is 633. The van der Waals surface area contributed by atoms with Crippen molar-refractivity contribution in [3.05, 3.63) is 23.2 Å². The van der Waals surface area contributed by atoms with Gasteiger partial charge in [0.2, 0.25) is 10.0 Å². The van der Waals surface area contributed by atoms with Gasteiger partial charge in [0.25, 0.3) is 0 Å². The lowest BCUT2D eigenvalue weighted by Gasteiger charge is -2.26. The van der Waals surface area contributed by atoms with Gasteiger partial charge >= 0.3 is 0 Å². The Labute approximate surface area is 131 Å². The van der Waals surface area contributed by atoms with Gasteiger partial charge in [0, 0.05) is 30.7 Å². The molecule has 4 nitrogen and oxygen atoms in total. The van der Waals surface area contributed by atoms with Crippen LogP contribution >= 0.6 is 11.6 Å². The highest BCUT2D eigenvalue weighted by atomic mass is 35.5. The Balaban J connectivity index is 2.10. The normalized spacial score (nSPS) is 24.5. The molecule has 0 saturated carbocycles. The van der Waals surface area contributed by atoms with Gasteiger partial charge in [-0.15, -0.1) is 0 Å². The summed E-state index contributed by atoms with van der Waals surface area (Å²) in [5.74, 6) is 0. The number of fused-ring (bicyclic) bond motifs is 3. The second-order valence-electron chi connectivity index (χ2n) is 5.82. The Morgan fingerprint density at radius 3 is 2.95 bits per heavy atom. The predicted molar refractivity (Wildman–Crippen MR) is 85.5 cm³/mol. The minimum absolute atomic E-state index is 0.291. The van der Waals surface area contributed by atoms with Crippen LogP contribution in [0.25, 0.3) is 0 Å². The van der Waals surface area contributed by atoms with E-state index >= 15 is 0 Å². The van der Waals surface area contributed by atoms with Gasteiger partial charge in [-0.2, -0.15) is 4.31 Å². The zero-order valence-electron chi connectivity index (χ0n) is 12.3. The summed E-state index contributed by atoms with van der Waals surface area (Å²) >= 11 is 6.05. The lowest BCUT2D eigenvalue weighted by atomic mass is 10.2. The van der Waals surface area contributed by atoms with Crippen LogP contribution in [0.5, 0.6) is 0 Å². The number of unbranched alkanes of at least 4 members (excludes halogenated alkanes) is 1. The average molecular weight is 329 g/mol. The number of nitrogens with zero attached hydrogens (tertiary/aromatic N) is 2. The van der Waals surface area contributed by atoms with E-state index in [1.165, 1.54) is 0 Å². The van der Waals surface area contributed by atoms with Gasteiger partial charge in [-0.25, -0.2) is 8.42 Å². The molecule has 0 bridgehead atoms. The van der Waals surface area contributed by atoms with Crippen LogP contribution in [0.15, 0.2) is 23.1 Å². The maximum Gasteiger partial charge on any atom is 0.245 e. The Morgan fingerprint density at radius 1 is 1.38 bits per heavy atom. The molecule has 116 valence electrons. The van der Waals surface area contributed by atoms with E-state index < -0.39 is 10.0 Å². The van der Waals surface area contributed by atoms with E-state index in [4.69, 9.17) is 11.6 Å². The monoisotopic (exact) mass is 328 g/mol. The van der Waals surface area contributed by atoms with Crippen LogP contribution in [0.1, 0.15) is 32.6 Å². The van der Waals surface area contributed by atoms with E-state index in [0.29, 0.717) is 29.0 Å². The molecule has 1 aromatic rings. The first-order valence-corrected chi connectivity index (χ1v) is 9.42. The van der Waals surface area contributed by atoms with E-state index in [2.05, 4.69) is 11.8 Å². The molecule has 1 fully saturated rings. The van der Waals surface area contributed by atoms with Crippen molar-refractivity contribution in [2.75, 3.05) is 24.5 Å². The van der Waals surface area contributed by atoms with Crippen LogP contribution in [0.4, 0.5) is 5.69 Å². The summed E-state index contributed by atoms with van der Waals surface area (Å²) in [5.41, 5.74) is 0.820. The molecule has 0 spiro atoms. The third-order valence-electron chi connectivity index (χ3n) is 4.40. The SMILES string of the molecule is CCCCN1C[C@@H]2CCCN2c2ccc(Cl)cc2S1(=O)=O. The van der Waals surface area contributed by atoms with Gasteiger partial charge in [-0.1, -0.05) is 24.9 Å². The van der Waals surface area contributed by atoms with Crippen molar-refractivity contribution >= 4 is 27.3 Å². The third-order valence-corrected chi connectivity index (χ3v) is 6.53. The van der Waals surface area contributed by atoms with Gasteiger partial charge in [0.05, 0.1) is 5.69 Å². The Kier molecular flexibility index (Phi) is 4.17. The minimum atomic E-state index is -3.45. The highest BCUT2D eigenvalue weighted by molar-refractivity contribution is 7.89. The van der Waals surface area contributed by atoms with E-state index in [1.54, 1.807) is 16.4 Å². The summed E-state index contributed by atoms with van der Waals surface area (Å²) in [6, 6.07) is 5.54. The molecular weight excluding hydrogens is 308 g/mol. The molecule has 2 heterocycles. The number of benzene rings is 1. The zero-order valence-corrected chi connectivity index (χ0v) is 13.8. The van der Waals surface area contributed by atoms with E-state index in [9.17, 15) is 8.42 Å². The van der Waals surface area contributed by atoms with Crippen molar-refractivity contribution in [3.8, 4) is 0 Å². The molecule has 0 radical (unpaired) electrons. The number of sulfonamides is 1. The number of anilines is 1. The molecular formula is C15H21ClN2O2S. The molecule has 6 heteroatoms. The molecule has 21 heavy (non-hydrogen) atoms. The van der Waals surface area contributed by atoms with Crippen molar-refractivity contribution in [3.63, 3.8) is 0 Å². The fourth-order valence-corrected chi connectivity index (χ4v) is 5.27. The molecule has 1 atom stereocenters. The number of hydrogen-bond acceptors (Lipinski definition) is 3. The van der Waals surface area contributed by atoms with Gasteiger partial charge in [-0.3, -0.25) is 0 Å². The van der Waals surface area contributed by atoms with Crippen molar-refractivity contribution in [2.24, 2.45) is 0 Å². The second-order valence-corrected chi connectivity index (χ2v) is 8.16. The molecule has 0 N–H and O–H groups in total. The quantitative estimate of drug-likeness (QED) is 0.856. The summed E-state index contributed by atoms with van der Waals surface area (Å²) in [6.07, 6.45) is 4.05. The summed E-state index contributed by atoms with van der Waals surface area (Å²) in [5, 5.41) is 0.477. The van der Waals surface area contributed by atoms with Crippen molar-refractivity contribution in [1.29, 1.82) is 0 Å². The van der Waals surface area contributed by atoms with Gasteiger partial charge in [-0.05, 0) is 37.5 Å². The first-order chi connectivity index (χ1) is 10.0. The van der Waals surface area contributed by atoms with Gasteiger partial charge in [0.15, 0.2) is 0 Å². The fourth-order valence-electron chi connectivity index (χ4n) is 3.29. The largest absolute Gasteiger partial charge is 0.366 e. The topological polar surface area (TPSA) is 40.6 Å². The molecule has 1 saturated heterocycles. The van der Waals surface area contributed by atoms with Crippen LogP contribution in [-0.4, -0.2) is 38.4 Å². The standard InChI is InChI=1S/C15H21ClN2O2S/c1-2-3-8-17-11-13-5-4-9-18(13)14-7-6-12(16)10-15(14)21(17,19)20/h6-7,10,13H,2-5,8-9,11H2,1H3/t13-/m0/s1. The lowest BCUT2D eigenvalue weighted by molar-refractivity contribution is 0.382. The first-order valence-electron chi connectivity index (χ1n) is 7.60. The minimum Gasteiger partial charge on any atom is -0.366 e. The number of hydrogen-bond donors (Lipinski definition) is 0. The number of halogens is 1. The van der Waals surface area contributed by atoms with Crippen molar-refractivity contribution < 1.29 is 8.42 Å². The smallest absolute Gasteiger partial charge is 0.245 e. The molecule has 0 unspecified atom stereocenters. The predicted octanol–water partition coefficient (Wildman–Crippen LogP) is 3.11. The highest BCUT2D eigenvalue weighted by Gasteiger charge is 2.38. The maximum absolute atomic E-state index is 13.0. The molecule has 2 aliphatic heterocycles. The van der Waals surface area contributed by atoms with Gasteiger partial charge < -0.3 is 4.90 Å². The maximum atomic E-state index is 13.0. The summed E-state index contributed by atoms with van der Waals surface area (Å²) in [7, 11) is -3.45. The third kappa shape index (κ3) is 2.67. The molecule has 1 aromatic carbocycles. The van der Waals surface area contributed by atoms with E-state index in [0.717, 1.165) is 37.9 Å². The molecule has 2 aliphatic rings. The fraction of sp³-hybridized carbons (Fsp3) is 0.600. The van der Waals surface area contributed by atoms with Crippen LogP contribution in [0.3, 0.4) is 0 Å². The van der Waals surface area contributed by atoms with Gasteiger partial charge in [0.1, 0.15) is 4.90 Å². The Hall–Kier alpha value is -0.780. The lowest BCUT2D eigenvalue weighted by Crippen LogP contribution is -2.40. The van der Waals surface area contributed by atoms with E-state index in [-0.39, 0.29) is 0 Å². The summed E-state index contributed by atoms with van der Waals surface area (Å²) < 4.78 is 27.6. The first kappa shape index (κ1) is 15.1. The van der Waals surface area contributed by atoms with Crippen molar-refractivity contribution in [1.82, 2.24) is 4.31 Å². The average Bonchev–Trinajstić information content (AvgIpc) is 2.88. The van der Waals surface area contributed by atoms with Crippen LogP contribution in [-0.2, 0) is 10.0 Å². The highest BCUT2D eigenvalue weighted by Crippen LogP contribution is 2.38. The zero-order chi connectivity index (χ0) is 15.0. The second kappa shape index (κ2) is 5.78. The number of rotatable bonds is 3. The van der Waals surface area contributed by atoms with E-state index in [1.807, 2.05) is 6.07 Å². The van der Waals surface area contributed by atoms with Crippen LogP contribution < -0.4 is 4.90 Å². The molecule has 0 aromatic heterocycles. The van der Waals surface area contributed by atoms with Crippen molar-refractivity contribution in [2.45, 2.75) is 43.5 Å².